The van der Waals surface area contributed by atoms with Gasteiger partial charge < -0.3 is 9.47 Å². The van der Waals surface area contributed by atoms with Crippen LogP contribution in [-0.2, 0) is 16.2 Å². The highest BCUT2D eigenvalue weighted by molar-refractivity contribution is 6.39. The average molecular weight is 491 g/mol. The second kappa shape index (κ2) is 10.9. The highest BCUT2D eigenvalue weighted by atomic mass is 35.5. The van der Waals surface area contributed by atoms with Gasteiger partial charge in [-0.15, -0.1) is 0 Å². The van der Waals surface area contributed by atoms with Crippen LogP contribution in [0.1, 0.15) is 24.5 Å². The van der Waals surface area contributed by atoms with Gasteiger partial charge in [-0.3, -0.25) is 14.9 Å². The van der Waals surface area contributed by atoms with Crippen LogP contribution in [0.25, 0.3) is 6.08 Å². The maximum absolute atomic E-state index is 13.1. The van der Waals surface area contributed by atoms with Gasteiger partial charge in [0.2, 0.25) is 0 Å². The fourth-order valence-electron chi connectivity index (χ4n) is 3.41. The fourth-order valence-corrected chi connectivity index (χ4v) is 3.60. The minimum atomic E-state index is -0.815. The summed E-state index contributed by atoms with van der Waals surface area (Å²) in [5.41, 5.74) is 1.62. The summed E-state index contributed by atoms with van der Waals surface area (Å²) < 4.78 is 11.3. The number of carbonyl (C=O) groups is 3. The molecule has 178 valence electrons. The van der Waals surface area contributed by atoms with Crippen molar-refractivity contribution in [1.82, 2.24) is 5.32 Å². The lowest BCUT2D eigenvalue weighted by molar-refractivity contribution is -0.122. The van der Waals surface area contributed by atoms with Crippen molar-refractivity contribution in [2.45, 2.75) is 20.0 Å². The summed E-state index contributed by atoms with van der Waals surface area (Å²) in [6.07, 6.45) is 2.33. The van der Waals surface area contributed by atoms with Crippen LogP contribution in [0, 0.1) is 0 Å². The number of halogens is 1. The number of imide groups is 2. The van der Waals surface area contributed by atoms with Gasteiger partial charge in [0, 0.05) is 10.6 Å². The Morgan fingerprint density at radius 2 is 1.54 bits per heavy atom. The molecule has 0 atom stereocenters. The first-order valence-corrected chi connectivity index (χ1v) is 11.4. The molecule has 0 unspecified atom stereocenters. The Balaban J connectivity index is 1.49. The van der Waals surface area contributed by atoms with E-state index in [-0.39, 0.29) is 12.2 Å². The zero-order valence-corrected chi connectivity index (χ0v) is 19.7. The Labute approximate surface area is 207 Å². The summed E-state index contributed by atoms with van der Waals surface area (Å²) >= 11 is 6.15. The number of benzene rings is 3. The van der Waals surface area contributed by atoms with Gasteiger partial charge in [-0.05, 0) is 60.5 Å². The number of nitrogens with zero attached hydrogens (tertiary/aromatic N) is 1. The molecule has 1 fully saturated rings. The second-order valence-corrected chi connectivity index (χ2v) is 8.16. The molecule has 0 aromatic heterocycles. The predicted octanol–water partition coefficient (Wildman–Crippen LogP) is 5.37. The lowest BCUT2D eigenvalue weighted by Gasteiger charge is -2.26. The van der Waals surface area contributed by atoms with Crippen LogP contribution in [-0.4, -0.2) is 24.5 Å². The third kappa shape index (κ3) is 5.70. The molecule has 3 aromatic rings. The van der Waals surface area contributed by atoms with Crippen LogP contribution in [0.15, 0.2) is 78.4 Å². The van der Waals surface area contributed by atoms with E-state index in [1.807, 2.05) is 25.1 Å². The zero-order valence-electron chi connectivity index (χ0n) is 19.0. The third-order valence-corrected chi connectivity index (χ3v) is 5.58. The Hall–Kier alpha value is -4.10. The first-order chi connectivity index (χ1) is 17.0. The monoisotopic (exact) mass is 490 g/mol. The zero-order chi connectivity index (χ0) is 24.8. The predicted molar refractivity (Wildman–Crippen MR) is 133 cm³/mol. The fraction of sp³-hybridized carbons (Fsp3) is 0.148. The van der Waals surface area contributed by atoms with E-state index >= 15 is 0 Å². The second-order valence-electron chi connectivity index (χ2n) is 7.75. The number of urea groups is 1. The first kappa shape index (κ1) is 24.0. The molecule has 0 aliphatic carbocycles. The molecule has 0 radical (unpaired) electrons. The van der Waals surface area contributed by atoms with Crippen LogP contribution in [0.4, 0.5) is 10.5 Å². The topological polar surface area (TPSA) is 84.9 Å². The van der Waals surface area contributed by atoms with Gasteiger partial charge in [0.05, 0.1) is 12.3 Å². The molecule has 1 heterocycles. The molecular formula is C27H23ClN2O5. The molecular weight excluding hydrogens is 468 g/mol. The standard InChI is InChI=1S/C27H23ClN2O5/c1-2-15-34-21-11-7-18(8-12-21)16-23-25(31)29-27(33)30(26(23)32)20-9-13-22(14-10-20)35-17-19-5-3-4-6-24(19)28/h3-14,16H,2,15,17H2,1H3,(H,29,31,33)/b23-16+. The number of carbonyl (C=O) groups excluding carboxylic acids is 3. The van der Waals surface area contributed by atoms with Crippen molar-refractivity contribution in [1.29, 1.82) is 0 Å². The van der Waals surface area contributed by atoms with Crippen LogP contribution in [0.2, 0.25) is 5.02 Å². The number of hydrogen-bond donors (Lipinski definition) is 1. The largest absolute Gasteiger partial charge is 0.494 e. The van der Waals surface area contributed by atoms with Gasteiger partial charge in [0.15, 0.2) is 0 Å². The minimum absolute atomic E-state index is 0.147. The molecule has 1 N–H and O–H groups in total. The van der Waals surface area contributed by atoms with E-state index in [1.165, 1.54) is 6.08 Å². The molecule has 3 aromatic carbocycles. The number of anilines is 1. The van der Waals surface area contributed by atoms with Crippen molar-refractivity contribution in [3.05, 3.63) is 94.5 Å². The van der Waals surface area contributed by atoms with E-state index in [2.05, 4.69) is 5.32 Å². The van der Waals surface area contributed by atoms with Crippen LogP contribution < -0.4 is 19.7 Å². The van der Waals surface area contributed by atoms with E-state index in [1.54, 1.807) is 54.6 Å². The lowest BCUT2D eigenvalue weighted by Crippen LogP contribution is -2.54. The molecule has 0 bridgehead atoms. The highest BCUT2D eigenvalue weighted by Gasteiger charge is 2.36. The van der Waals surface area contributed by atoms with E-state index in [9.17, 15) is 14.4 Å². The van der Waals surface area contributed by atoms with Gasteiger partial charge >= 0.3 is 6.03 Å². The number of rotatable bonds is 8. The summed E-state index contributed by atoms with van der Waals surface area (Å²) in [6, 6.07) is 20.0. The maximum atomic E-state index is 13.1. The van der Waals surface area contributed by atoms with Crippen LogP contribution >= 0.6 is 11.6 Å². The van der Waals surface area contributed by atoms with Crippen molar-refractivity contribution in [2.75, 3.05) is 11.5 Å². The number of ether oxygens (including phenoxy) is 2. The summed E-state index contributed by atoms with van der Waals surface area (Å²) in [4.78, 5) is 38.9. The van der Waals surface area contributed by atoms with E-state index in [4.69, 9.17) is 21.1 Å². The average Bonchev–Trinajstić information content (AvgIpc) is 2.86. The number of barbiturate groups is 1. The summed E-state index contributed by atoms with van der Waals surface area (Å²) in [6.45, 7) is 2.88. The Bertz CT molecular complexity index is 1270. The number of amides is 4. The number of nitrogens with one attached hydrogen (secondary N) is 1. The van der Waals surface area contributed by atoms with Crippen molar-refractivity contribution < 1.29 is 23.9 Å². The molecule has 0 saturated carbocycles. The molecule has 4 rings (SSSR count). The lowest BCUT2D eigenvalue weighted by atomic mass is 10.1. The Kier molecular flexibility index (Phi) is 7.48. The summed E-state index contributed by atoms with van der Waals surface area (Å²) in [5, 5.41) is 2.83. The normalized spacial score (nSPS) is 14.7. The van der Waals surface area contributed by atoms with Crippen LogP contribution in [0.5, 0.6) is 11.5 Å². The summed E-state index contributed by atoms with van der Waals surface area (Å²) in [5.74, 6) is -0.227. The highest BCUT2D eigenvalue weighted by Crippen LogP contribution is 2.26. The maximum Gasteiger partial charge on any atom is 0.335 e. The minimum Gasteiger partial charge on any atom is -0.494 e. The van der Waals surface area contributed by atoms with Crippen LogP contribution in [0.3, 0.4) is 0 Å². The van der Waals surface area contributed by atoms with Crippen molar-refractivity contribution >= 4 is 41.2 Å². The van der Waals surface area contributed by atoms with E-state index in [0.29, 0.717) is 34.4 Å². The molecule has 35 heavy (non-hydrogen) atoms. The summed E-state index contributed by atoms with van der Waals surface area (Å²) in [7, 11) is 0. The molecule has 1 saturated heterocycles. The number of hydrogen-bond acceptors (Lipinski definition) is 5. The molecule has 1 aliphatic heterocycles. The smallest absolute Gasteiger partial charge is 0.335 e. The Morgan fingerprint density at radius 3 is 2.23 bits per heavy atom. The molecule has 4 amide bonds. The quantitative estimate of drug-likeness (QED) is 0.339. The van der Waals surface area contributed by atoms with Gasteiger partial charge in [0.1, 0.15) is 23.7 Å². The van der Waals surface area contributed by atoms with Gasteiger partial charge in [-0.25, -0.2) is 9.69 Å². The molecule has 8 heteroatoms. The molecule has 0 spiro atoms. The Morgan fingerprint density at radius 1 is 0.886 bits per heavy atom. The molecule has 1 aliphatic rings. The van der Waals surface area contributed by atoms with Crippen molar-refractivity contribution in [3.63, 3.8) is 0 Å². The third-order valence-electron chi connectivity index (χ3n) is 5.21. The van der Waals surface area contributed by atoms with E-state index in [0.717, 1.165) is 16.9 Å². The van der Waals surface area contributed by atoms with Crippen molar-refractivity contribution in [3.8, 4) is 11.5 Å². The van der Waals surface area contributed by atoms with Crippen molar-refractivity contribution in [2.24, 2.45) is 0 Å². The molecule has 7 nitrogen and oxygen atoms in total. The van der Waals surface area contributed by atoms with E-state index < -0.39 is 17.8 Å². The first-order valence-electron chi connectivity index (χ1n) is 11.1. The van der Waals surface area contributed by atoms with Gasteiger partial charge in [-0.1, -0.05) is 48.9 Å². The van der Waals surface area contributed by atoms with Gasteiger partial charge in [-0.2, -0.15) is 0 Å². The van der Waals surface area contributed by atoms with Gasteiger partial charge in [0.25, 0.3) is 11.8 Å². The SMILES string of the molecule is CCCOc1ccc(/C=C2\C(=O)NC(=O)N(c3ccc(OCc4ccccc4Cl)cc3)C2=O)cc1.